The van der Waals surface area contributed by atoms with Crippen molar-refractivity contribution in [1.82, 2.24) is 9.88 Å². The van der Waals surface area contributed by atoms with Gasteiger partial charge in [0, 0.05) is 18.3 Å². The van der Waals surface area contributed by atoms with E-state index in [-0.39, 0.29) is 5.91 Å². The average molecular weight is 242 g/mol. The molecule has 1 fully saturated rings. The molecule has 0 aliphatic heterocycles. The Morgan fingerprint density at radius 2 is 2.22 bits per heavy atom. The Hall–Kier alpha value is -1.77. The van der Waals surface area contributed by atoms with Gasteiger partial charge in [0.25, 0.3) is 0 Å². The summed E-state index contributed by atoms with van der Waals surface area (Å²) in [6.07, 6.45) is 4.53. The first-order valence-electron chi connectivity index (χ1n) is 6.54. The van der Waals surface area contributed by atoms with E-state index in [1.54, 1.807) is 0 Å². The van der Waals surface area contributed by atoms with Crippen molar-refractivity contribution < 1.29 is 4.79 Å². The normalized spacial score (nSPS) is 14.9. The molecule has 1 aliphatic carbocycles. The van der Waals surface area contributed by atoms with Gasteiger partial charge in [-0.2, -0.15) is 0 Å². The summed E-state index contributed by atoms with van der Waals surface area (Å²) in [5.74, 6) is 0.846. The first kappa shape index (κ1) is 11.3. The van der Waals surface area contributed by atoms with E-state index in [4.69, 9.17) is 0 Å². The lowest BCUT2D eigenvalue weighted by atomic mass is 10.2. The van der Waals surface area contributed by atoms with E-state index in [0.29, 0.717) is 6.54 Å². The molecule has 18 heavy (non-hydrogen) atoms. The standard InChI is InChI=1S/C15H18N2O/c1-11-2-5-13-6-7-17(14(13)8-11)10-15(18)16-9-12-3-4-12/h2,5-8,12H,3-4,9-10H2,1H3,(H,16,18). The summed E-state index contributed by atoms with van der Waals surface area (Å²) >= 11 is 0. The minimum Gasteiger partial charge on any atom is -0.354 e. The van der Waals surface area contributed by atoms with E-state index in [9.17, 15) is 4.79 Å². The van der Waals surface area contributed by atoms with E-state index in [1.807, 2.05) is 10.8 Å². The van der Waals surface area contributed by atoms with Crippen LogP contribution in [-0.4, -0.2) is 17.0 Å². The number of rotatable bonds is 4. The fraction of sp³-hybridized carbons (Fsp3) is 0.400. The van der Waals surface area contributed by atoms with Gasteiger partial charge in [-0.05, 0) is 48.8 Å². The Bertz CT molecular complexity index is 581. The highest BCUT2D eigenvalue weighted by atomic mass is 16.1. The van der Waals surface area contributed by atoms with Crippen molar-refractivity contribution in [2.24, 2.45) is 5.92 Å². The number of amides is 1. The van der Waals surface area contributed by atoms with Crippen LogP contribution >= 0.6 is 0 Å². The average Bonchev–Trinajstić information content (AvgIpc) is 3.11. The van der Waals surface area contributed by atoms with Crippen LogP contribution in [0.2, 0.25) is 0 Å². The second-order valence-electron chi connectivity index (χ2n) is 5.25. The molecule has 0 spiro atoms. The van der Waals surface area contributed by atoms with Crippen molar-refractivity contribution in [2.45, 2.75) is 26.3 Å². The van der Waals surface area contributed by atoms with Crippen molar-refractivity contribution in [3.05, 3.63) is 36.0 Å². The van der Waals surface area contributed by atoms with Gasteiger partial charge in [0.15, 0.2) is 0 Å². The summed E-state index contributed by atoms with van der Waals surface area (Å²) in [6, 6.07) is 8.38. The zero-order chi connectivity index (χ0) is 12.5. The smallest absolute Gasteiger partial charge is 0.239 e. The number of carbonyl (C=O) groups excluding carboxylic acids is 1. The molecule has 2 aromatic rings. The molecular formula is C15H18N2O. The van der Waals surface area contributed by atoms with Crippen molar-refractivity contribution >= 4 is 16.8 Å². The van der Waals surface area contributed by atoms with Gasteiger partial charge in [-0.25, -0.2) is 0 Å². The van der Waals surface area contributed by atoms with Crippen LogP contribution in [0.3, 0.4) is 0 Å². The van der Waals surface area contributed by atoms with Crippen LogP contribution in [0.1, 0.15) is 18.4 Å². The van der Waals surface area contributed by atoms with E-state index in [0.717, 1.165) is 18.0 Å². The van der Waals surface area contributed by atoms with E-state index >= 15 is 0 Å². The number of aryl methyl sites for hydroxylation is 1. The molecule has 0 atom stereocenters. The number of benzene rings is 1. The van der Waals surface area contributed by atoms with Gasteiger partial charge < -0.3 is 9.88 Å². The van der Waals surface area contributed by atoms with Crippen LogP contribution in [0.15, 0.2) is 30.5 Å². The maximum absolute atomic E-state index is 11.8. The van der Waals surface area contributed by atoms with Crippen molar-refractivity contribution in [1.29, 1.82) is 0 Å². The minimum absolute atomic E-state index is 0.112. The van der Waals surface area contributed by atoms with Crippen LogP contribution in [0.5, 0.6) is 0 Å². The number of nitrogens with zero attached hydrogens (tertiary/aromatic N) is 1. The van der Waals surface area contributed by atoms with Gasteiger partial charge in [-0.15, -0.1) is 0 Å². The summed E-state index contributed by atoms with van der Waals surface area (Å²) in [5.41, 5.74) is 2.36. The summed E-state index contributed by atoms with van der Waals surface area (Å²) in [6.45, 7) is 3.33. The molecular weight excluding hydrogens is 224 g/mol. The molecule has 1 aromatic heterocycles. The largest absolute Gasteiger partial charge is 0.354 e. The van der Waals surface area contributed by atoms with Gasteiger partial charge in [0.1, 0.15) is 6.54 Å². The second-order valence-corrected chi connectivity index (χ2v) is 5.25. The second kappa shape index (κ2) is 4.48. The fourth-order valence-corrected chi connectivity index (χ4v) is 2.22. The van der Waals surface area contributed by atoms with Crippen LogP contribution in [0.4, 0.5) is 0 Å². The number of hydrogen-bond donors (Lipinski definition) is 1. The summed E-state index contributed by atoms with van der Waals surface area (Å²) in [7, 11) is 0. The number of aromatic nitrogens is 1. The van der Waals surface area contributed by atoms with Gasteiger partial charge in [-0.3, -0.25) is 4.79 Å². The fourth-order valence-electron chi connectivity index (χ4n) is 2.22. The molecule has 1 heterocycles. The van der Waals surface area contributed by atoms with Crippen LogP contribution in [-0.2, 0) is 11.3 Å². The molecule has 3 nitrogen and oxygen atoms in total. The third kappa shape index (κ3) is 2.40. The first-order chi connectivity index (χ1) is 8.72. The molecule has 94 valence electrons. The SMILES string of the molecule is Cc1ccc2ccn(CC(=O)NCC3CC3)c2c1. The number of fused-ring (bicyclic) bond motifs is 1. The van der Waals surface area contributed by atoms with E-state index in [2.05, 4.69) is 36.5 Å². The Morgan fingerprint density at radius 1 is 1.39 bits per heavy atom. The van der Waals surface area contributed by atoms with Gasteiger partial charge in [0.05, 0.1) is 0 Å². The van der Waals surface area contributed by atoms with Gasteiger partial charge >= 0.3 is 0 Å². The maximum Gasteiger partial charge on any atom is 0.239 e. The van der Waals surface area contributed by atoms with Crippen molar-refractivity contribution in [3.63, 3.8) is 0 Å². The predicted molar refractivity (Wildman–Crippen MR) is 72.4 cm³/mol. The van der Waals surface area contributed by atoms with Crippen molar-refractivity contribution in [2.75, 3.05) is 6.54 Å². The van der Waals surface area contributed by atoms with Crippen LogP contribution < -0.4 is 5.32 Å². The van der Waals surface area contributed by atoms with Gasteiger partial charge in [0.2, 0.25) is 5.91 Å². The lowest BCUT2D eigenvalue weighted by molar-refractivity contribution is -0.121. The quantitative estimate of drug-likeness (QED) is 0.878. The van der Waals surface area contributed by atoms with E-state index < -0.39 is 0 Å². The Balaban J connectivity index is 1.72. The summed E-state index contributed by atoms with van der Waals surface area (Å²) in [5, 5.41) is 4.19. The zero-order valence-corrected chi connectivity index (χ0v) is 10.6. The zero-order valence-electron chi connectivity index (χ0n) is 10.6. The molecule has 1 aromatic carbocycles. The monoisotopic (exact) mass is 242 g/mol. The van der Waals surface area contributed by atoms with Crippen LogP contribution in [0, 0.1) is 12.8 Å². The van der Waals surface area contributed by atoms with Crippen LogP contribution in [0.25, 0.3) is 10.9 Å². The number of hydrogen-bond acceptors (Lipinski definition) is 1. The number of carbonyl (C=O) groups is 1. The topological polar surface area (TPSA) is 34.0 Å². The maximum atomic E-state index is 11.8. The highest BCUT2D eigenvalue weighted by Crippen LogP contribution is 2.27. The third-order valence-corrected chi connectivity index (χ3v) is 3.53. The lowest BCUT2D eigenvalue weighted by Crippen LogP contribution is -2.29. The Labute approximate surface area is 107 Å². The lowest BCUT2D eigenvalue weighted by Gasteiger charge is -2.07. The summed E-state index contributed by atoms with van der Waals surface area (Å²) < 4.78 is 2.02. The third-order valence-electron chi connectivity index (χ3n) is 3.53. The minimum atomic E-state index is 0.112. The molecule has 1 amide bonds. The van der Waals surface area contributed by atoms with E-state index in [1.165, 1.54) is 23.8 Å². The number of nitrogens with one attached hydrogen (secondary N) is 1. The molecule has 3 heteroatoms. The molecule has 1 saturated carbocycles. The summed E-state index contributed by atoms with van der Waals surface area (Å²) in [4.78, 5) is 11.8. The molecule has 0 saturated heterocycles. The molecule has 0 unspecified atom stereocenters. The molecule has 1 N–H and O–H groups in total. The predicted octanol–water partition coefficient (Wildman–Crippen LogP) is 2.48. The van der Waals surface area contributed by atoms with Crippen molar-refractivity contribution in [3.8, 4) is 0 Å². The molecule has 3 rings (SSSR count). The first-order valence-corrected chi connectivity index (χ1v) is 6.54. The molecule has 1 aliphatic rings. The highest BCUT2D eigenvalue weighted by Gasteiger charge is 2.21. The molecule has 0 radical (unpaired) electrons. The highest BCUT2D eigenvalue weighted by molar-refractivity contribution is 5.83. The Kier molecular flexibility index (Phi) is 2.82. The molecule has 0 bridgehead atoms. The Morgan fingerprint density at radius 3 is 3.00 bits per heavy atom. The van der Waals surface area contributed by atoms with Gasteiger partial charge in [-0.1, -0.05) is 12.1 Å².